The summed E-state index contributed by atoms with van der Waals surface area (Å²) < 4.78 is 10.8. The molecule has 6 nitrogen and oxygen atoms in total. The molecule has 0 bridgehead atoms. The van der Waals surface area contributed by atoms with Gasteiger partial charge >= 0.3 is 5.97 Å². The molecule has 164 valence electrons. The molecule has 0 aliphatic heterocycles. The zero-order valence-corrected chi connectivity index (χ0v) is 18.2. The van der Waals surface area contributed by atoms with Crippen LogP contribution in [0.5, 0.6) is 11.5 Å². The zero-order valence-electron chi connectivity index (χ0n) is 18.2. The summed E-state index contributed by atoms with van der Waals surface area (Å²) in [6, 6.07) is 25.1. The van der Waals surface area contributed by atoms with Crippen molar-refractivity contribution in [2.45, 2.75) is 6.92 Å². The lowest BCUT2D eigenvalue weighted by molar-refractivity contribution is 0.0734. The van der Waals surface area contributed by atoms with Gasteiger partial charge in [0.1, 0.15) is 11.5 Å². The first kappa shape index (κ1) is 21.8. The van der Waals surface area contributed by atoms with Gasteiger partial charge in [-0.25, -0.2) is 10.2 Å². The van der Waals surface area contributed by atoms with Gasteiger partial charge in [0.05, 0.1) is 18.9 Å². The van der Waals surface area contributed by atoms with Gasteiger partial charge < -0.3 is 9.47 Å². The van der Waals surface area contributed by atoms with E-state index < -0.39 is 5.97 Å². The first-order chi connectivity index (χ1) is 16.0. The lowest BCUT2D eigenvalue weighted by atomic mass is 10.0. The number of hydrogen-bond acceptors (Lipinski definition) is 5. The Morgan fingerprint density at radius 2 is 1.55 bits per heavy atom. The number of hydrogen-bond donors (Lipinski definition) is 1. The lowest BCUT2D eigenvalue weighted by Crippen LogP contribution is -2.17. The number of nitrogens with zero attached hydrogens (tertiary/aromatic N) is 1. The summed E-state index contributed by atoms with van der Waals surface area (Å²) in [5.74, 6) is 0.169. The van der Waals surface area contributed by atoms with Crippen LogP contribution in [0.3, 0.4) is 0 Å². The van der Waals surface area contributed by atoms with Crippen molar-refractivity contribution in [3.63, 3.8) is 0 Å². The fraction of sp³-hybridized carbons (Fsp3) is 0.0741. The number of esters is 1. The largest absolute Gasteiger partial charge is 0.497 e. The van der Waals surface area contributed by atoms with E-state index >= 15 is 0 Å². The topological polar surface area (TPSA) is 77.0 Å². The summed E-state index contributed by atoms with van der Waals surface area (Å²) in [5, 5.41) is 5.91. The Morgan fingerprint density at radius 3 is 2.27 bits per heavy atom. The molecule has 4 rings (SSSR count). The zero-order chi connectivity index (χ0) is 23.2. The summed E-state index contributed by atoms with van der Waals surface area (Å²) >= 11 is 0. The normalized spacial score (nSPS) is 10.8. The molecule has 0 heterocycles. The average molecular weight is 438 g/mol. The molecule has 0 spiro atoms. The Hall–Kier alpha value is -4.45. The Balaban J connectivity index is 1.60. The third-order valence-electron chi connectivity index (χ3n) is 5.13. The van der Waals surface area contributed by atoms with E-state index in [-0.39, 0.29) is 5.91 Å². The Bertz CT molecular complexity index is 1330. The Labute approximate surface area is 191 Å². The molecule has 0 aliphatic rings. The molecule has 0 aliphatic carbocycles. The second-order valence-electron chi connectivity index (χ2n) is 7.38. The van der Waals surface area contributed by atoms with Crippen molar-refractivity contribution >= 4 is 28.9 Å². The Kier molecular flexibility index (Phi) is 6.45. The van der Waals surface area contributed by atoms with Crippen LogP contribution in [0.2, 0.25) is 0 Å². The fourth-order valence-corrected chi connectivity index (χ4v) is 3.31. The predicted octanol–water partition coefficient (Wildman–Crippen LogP) is 5.14. The SMILES string of the molecule is COc1ccc(C(=O)N/N=C/c2c(OC(=O)c3ccc(C)cc3)ccc3ccccc23)cc1. The monoisotopic (exact) mass is 438 g/mol. The molecule has 0 saturated heterocycles. The van der Waals surface area contributed by atoms with Gasteiger partial charge in [0.2, 0.25) is 0 Å². The maximum atomic E-state index is 12.7. The molecule has 4 aromatic rings. The maximum Gasteiger partial charge on any atom is 0.343 e. The van der Waals surface area contributed by atoms with Crippen molar-refractivity contribution in [3.8, 4) is 11.5 Å². The van der Waals surface area contributed by atoms with E-state index in [0.29, 0.717) is 28.2 Å². The van der Waals surface area contributed by atoms with Crippen LogP contribution < -0.4 is 14.9 Å². The molecule has 4 aromatic carbocycles. The number of amides is 1. The highest BCUT2D eigenvalue weighted by Crippen LogP contribution is 2.27. The number of nitrogens with one attached hydrogen (secondary N) is 1. The van der Waals surface area contributed by atoms with Gasteiger partial charge in [0.15, 0.2) is 0 Å². The number of carbonyl (C=O) groups is 2. The number of fused-ring (bicyclic) bond motifs is 1. The molecule has 1 N–H and O–H groups in total. The molecule has 0 fully saturated rings. The molecule has 0 radical (unpaired) electrons. The second kappa shape index (κ2) is 9.78. The van der Waals surface area contributed by atoms with Crippen LogP contribution in [0.25, 0.3) is 10.8 Å². The van der Waals surface area contributed by atoms with Crippen LogP contribution in [0.4, 0.5) is 0 Å². The quantitative estimate of drug-likeness (QED) is 0.196. The van der Waals surface area contributed by atoms with E-state index in [4.69, 9.17) is 9.47 Å². The highest BCUT2D eigenvalue weighted by molar-refractivity contribution is 6.04. The first-order valence-corrected chi connectivity index (χ1v) is 10.3. The van der Waals surface area contributed by atoms with Crippen molar-refractivity contribution in [1.82, 2.24) is 5.43 Å². The van der Waals surface area contributed by atoms with Crippen LogP contribution in [-0.4, -0.2) is 25.2 Å². The van der Waals surface area contributed by atoms with Crippen LogP contribution in [0, 0.1) is 6.92 Å². The molecular formula is C27H22N2O4. The van der Waals surface area contributed by atoms with E-state index in [1.807, 2.05) is 49.4 Å². The minimum atomic E-state index is -0.470. The summed E-state index contributed by atoms with van der Waals surface area (Å²) in [5.41, 5.74) is 5.05. The predicted molar refractivity (Wildman–Crippen MR) is 128 cm³/mol. The second-order valence-corrected chi connectivity index (χ2v) is 7.38. The minimum Gasteiger partial charge on any atom is -0.497 e. The van der Waals surface area contributed by atoms with Crippen molar-refractivity contribution in [2.75, 3.05) is 7.11 Å². The summed E-state index contributed by atoms with van der Waals surface area (Å²) in [4.78, 5) is 25.1. The van der Waals surface area contributed by atoms with Crippen molar-refractivity contribution in [3.05, 3.63) is 107 Å². The van der Waals surface area contributed by atoms with E-state index in [0.717, 1.165) is 16.3 Å². The van der Waals surface area contributed by atoms with Crippen LogP contribution >= 0.6 is 0 Å². The van der Waals surface area contributed by atoms with Gasteiger partial charge in [0.25, 0.3) is 5.91 Å². The number of hydrazone groups is 1. The van der Waals surface area contributed by atoms with E-state index in [1.165, 1.54) is 6.21 Å². The minimum absolute atomic E-state index is 0.349. The molecule has 0 atom stereocenters. The molecular weight excluding hydrogens is 416 g/mol. The molecule has 33 heavy (non-hydrogen) atoms. The third-order valence-corrected chi connectivity index (χ3v) is 5.13. The van der Waals surface area contributed by atoms with Crippen molar-refractivity contribution in [1.29, 1.82) is 0 Å². The molecule has 0 unspecified atom stereocenters. The van der Waals surface area contributed by atoms with E-state index in [2.05, 4.69) is 10.5 Å². The smallest absolute Gasteiger partial charge is 0.343 e. The highest BCUT2D eigenvalue weighted by Gasteiger charge is 2.14. The Morgan fingerprint density at radius 1 is 0.848 bits per heavy atom. The number of aryl methyl sites for hydroxylation is 1. The van der Waals surface area contributed by atoms with Crippen LogP contribution in [0.15, 0.2) is 90.0 Å². The lowest BCUT2D eigenvalue weighted by Gasteiger charge is -2.11. The van der Waals surface area contributed by atoms with Crippen LogP contribution in [-0.2, 0) is 0 Å². The van der Waals surface area contributed by atoms with Gasteiger partial charge in [-0.15, -0.1) is 0 Å². The standard InChI is InChI=1S/C27H22N2O4/c1-18-7-9-21(10-8-18)27(31)33-25-16-13-19-5-3-4-6-23(19)24(25)17-28-29-26(30)20-11-14-22(32-2)15-12-20/h3-17H,1-2H3,(H,29,30)/b28-17+. The van der Waals surface area contributed by atoms with Crippen molar-refractivity contribution in [2.24, 2.45) is 5.10 Å². The molecule has 6 heteroatoms. The van der Waals surface area contributed by atoms with Crippen LogP contribution in [0.1, 0.15) is 31.8 Å². The van der Waals surface area contributed by atoms with Gasteiger partial charge in [-0.3, -0.25) is 4.79 Å². The third kappa shape index (κ3) is 5.07. The van der Waals surface area contributed by atoms with E-state index in [9.17, 15) is 9.59 Å². The summed E-state index contributed by atoms with van der Waals surface area (Å²) in [6.07, 6.45) is 1.49. The number of methoxy groups -OCH3 is 1. The summed E-state index contributed by atoms with van der Waals surface area (Å²) in [6.45, 7) is 1.95. The number of carbonyl (C=O) groups excluding carboxylic acids is 2. The molecule has 0 aromatic heterocycles. The van der Waals surface area contributed by atoms with Gasteiger partial charge in [0, 0.05) is 11.1 Å². The number of ether oxygens (including phenoxy) is 2. The van der Waals surface area contributed by atoms with Gasteiger partial charge in [-0.1, -0.05) is 48.0 Å². The average Bonchev–Trinajstić information content (AvgIpc) is 2.85. The molecule has 0 saturated carbocycles. The number of benzene rings is 4. The maximum absolute atomic E-state index is 12.7. The van der Waals surface area contributed by atoms with Crippen molar-refractivity contribution < 1.29 is 19.1 Å². The first-order valence-electron chi connectivity index (χ1n) is 10.3. The summed E-state index contributed by atoms with van der Waals surface area (Å²) in [7, 11) is 1.56. The fourth-order valence-electron chi connectivity index (χ4n) is 3.31. The molecule has 1 amide bonds. The van der Waals surface area contributed by atoms with Gasteiger partial charge in [-0.05, 0) is 60.2 Å². The number of rotatable bonds is 6. The van der Waals surface area contributed by atoms with E-state index in [1.54, 1.807) is 49.6 Å². The highest BCUT2D eigenvalue weighted by atomic mass is 16.5. The van der Waals surface area contributed by atoms with Gasteiger partial charge in [-0.2, -0.15) is 5.10 Å².